The first kappa shape index (κ1) is 22.6. The maximum Gasteiger partial charge on any atom is 0.144 e. The minimum Gasteiger partial charge on any atom is -0.393 e. The van der Waals surface area contributed by atoms with Crippen molar-refractivity contribution in [3.8, 4) is 0 Å². The summed E-state index contributed by atoms with van der Waals surface area (Å²) in [5.74, 6) is 0. The number of hydrogen-bond donors (Lipinski definition) is 3. The van der Waals surface area contributed by atoms with Crippen LogP contribution in [0.1, 0.15) is 45.1 Å². The highest BCUT2D eigenvalue weighted by molar-refractivity contribution is 7.80. The van der Waals surface area contributed by atoms with Crippen LogP contribution in [0.15, 0.2) is 41.7 Å². The summed E-state index contributed by atoms with van der Waals surface area (Å²) in [7, 11) is 1.85. The Morgan fingerprint density at radius 2 is 2.13 bits per heavy atom. The van der Waals surface area contributed by atoms with Gasteiger partial charge in [0.15, 0.2) is 0 Å². The van der Waals surface area contributed by atoms with Crippen LogP contribution >= 0.6 is 12.2 Å². The van der Waals surface area contributed by atoms with E-state index in [2.05, 4.69) is 32.9 Å². The Morgan fingerprint density at radius 1 is 1.33 bits per heavy atom. The molecule has 30 heavy (non-hydrogen) atoms. The Morgan fingerprint density at radius 3 is 2.90 bits per heavy atom. The van der Waals surface area contributed by atoms with Crippen LogP contribution in [-0.4, -0.2) is 53.1 Å². The number of hydrogen-bond acceptors (Lipinski definition) is 6. The largest absolute Gasteiger partial charge is 0.393 e. The number of para-hydroxylation sites is 1. The van der Waals surface area contributed by atoms with Crippen LogP contribution < -0.4 is 10.6 Å². The highest BCUT2D eigenvalue weighted by Crippen LogP contribution is 2.39. The van der Waals surface area contributed by atoms with Crippen LogP contribution in [-0.2, 0) is 10.3 Å². The Bertz CT molecular complexity index is 902. The molecule has 6 nitrogen and oxygen atoms in total. The Kier molecular flexibility index (Phi) is 7.75. The highest BCUT2D eigenvalue weighted by Gasteiger charge is 2.44. The number of nitrogens with one attached hydrogen (secondary N) is 2. The minimum absolute atomic E-state index is 0.140. The average molecular weight is 429 g/mol. The fourth-order valence-electron chi connectivity index (χ4n) is 4.00. The van der Waals surface area contributed by atoms with E-state index in [4.69, 9.17) is 17.1 Å². The molecular weight excluding hydrogens is 396 g/mol. The zero-order valence-electron chi connectivity index (χ0n) is 18.0. The topological polar surface area (TPSA) is 78.8 Å². The molecule has 1 saturated carbocycles. The van der Waals surface area contributed by atoms with Crippen LogP contribution in [0.25, 0.3) is 10.9 Å². The van der Waals surface area contributed by atoms with Gasteiger partial charge in [0, 0.05) is 31.2 Å². The van der Waals surface area contributed by atoms with E-state index in [1.54, 1.807) is 0 Å². The van der Waals surface area contributed by atoms with E-state index in [1.807, 2.05) is 45.3 Å². The summed E-state index contributed by atoms with van der Waals surface area (Å²) < 4.78 is 0. The van der Waals surface area contributed by atoms with E-state index in [1.165, 1.54) is 0 Å². The molecule has 0 amide bonds. The summed E-state index contributed by atoms with van der Waals surface area (Å²) >= 11 is 5.81. The Hall–Kier alpha value is -2.09. The van der Waals surface area contributed by atoms with Gasteiger partial charge in [-0.05, 0) is 37.0 Å². The maximum absolute atomic E-state index is 10.1. The summed E-state index contributed by atoms with van der Waals surface area (Å²) in [6.45, 7) is 4.69. The fourth-order valence-corrected chi connectivity index (χ4v) is 4.34. The average Bonchev–Trinajstić information content (AvgIpc) is 2.77. The Labute approximate surface area is 184 Å². The first-order valence-electron chi connectivity index (χ1n) is 10.7. The number of likely N-dealkylation sites (N-methyl/N-ethyl adjacent to an activating group) is 1. The van der Waals surface area contributed by atoms with Gasteiger partial charge in [0.25, 0.3) is 0 Å². The van der Waals surface area contributed by atoms with Gasteiger partial charge in [-0.1, -0.05) is 55.8 Å². The molecule has 0 radical (unpaired) electrons. The molecular formula is C23H32N4O2S. The van der Waals surface area contributed by atoms with E-state index in [9.17, 15) is 5.11 Å². The molecule has 1 aliphatic rings. The number of aromatic nitrogens is 1. The zero-order valence-corrected chi connectivity index (χ0v) is 18.8. The number of pyridine rings is 1. The molecule has 1 aromatic carbocycles. The number of aliphatic hydroxyl groups excluding tert-OH is 1. The van der Waals surface area contributed by atoms with Crippen LogP contribution in [0.4, 0.5) is 0 Å². The Balaban J connectivity index is 1.90. The number of rotatable bonds is 8. The second-order valence-corrected chi connectivity index (χ2v) is 8.57. The number of thiocarbonyl (C=S) groups is 1. The van der Waals surface area contributed by atoms with E-state index in [0.717, 1.165) is 52.8 Å². The second-order valence-electron chi connectivity index (χ2n) is 8.16. The number of oxime groups is 1. The van der Waals surface area contributed by atoms with Gasteiger partial charge in [-0.15, -0.1) is 0 Å². The van der Waals surface area contributed by atoms with Crippen molar-refractivity contribution in [2.75, 3.05) is 20.2 Å². The van der Waals surface area contributed by atoms with Crippen molar-refractivity contribution in [3.63, 3.8) is 0 Å². The highest BCUT2D eigenvalue weighted by atomic mass is 32.1. The van der Waals surface area contributed by atoms with Crippen LogP contribution in [0.2, 0.25) is 0 Å². The van der Waals surface area contributed by atoms with Gasteiger partial charge in [-0.3, -0.25) is 4.98 Å². The molecule has 1 fully saturated rings. The summed E-state index contributed by atoms with van der Waals surface area (Å²) in [5.41, 5.74) is 2.34. The normalized spacial score (nSPS) is 21.7. The number of fused-ring (bicyclic) bond motifs is 1. The summed E-state index contributed by atoms with van der Waals surface area (Å²) in [4.78, 5) is 11.0. The van der Waals surface area contributed by atoms with Crippen LogP contribution in [0.5, 0.6) is 0 Å². The predicted molar refractivity (Wildman–Crippen MR) is 126 cm³/mol. The molecule has 1 aromatic heterocycles. The van der Waals surface area contributed by atoms with Gasteiger partial charge in [-0.2, -0.15) is 0 Å². The molecule has 162 valence electrons. The third-order valence-corrected chi connectivity index (χ3v) is 6.16. The lowest BCUT2D eigenvalue weighted by Gasteiger charge is -2.38. The number of benzene rings is 1. The summed E-state index contributed by atoms with van der Waals surface area (Å²) in [6, 6.07) is 10.6. The van der Waals surface area contributed by atoms with Crippen molar-refractivity contribution in [2.24, 2.45) is 5.16 Å². The standard InChI is InChI=1S/C23H32N4O2S/c1-16(2)25-14-19(28)15-29-27-21-10-6-7-11-23(21,22(30)24-3)18-12-17-8-4-5-9-20(17)26-13-18/h4-5,8-9,12-13,16,19,25,28H,6-7,10-11,14-15H2,1-3H3,(H,24,30). The second kappa shape index (κ2) is 10.3. The van der Waals surface area contributed by atoms with E-state index >= 15 is 0 Å². The van der Waals surface area contributed by atoms with Crippen molar-refractivity contribution in [2.45, 2.75) is 57.1 Å². The molecule has 1 aliphatic carbocycles. The molecule has 2 unspecified atom stereocenters. The third-order valence-electron chi connectivity index (χ3n) is 5.61. The minimum atomic E-state index is -0.617. The summed E-state index contributed by atoms with van der Waals surface area (Å²) in [5, 5.41) is 22.1. The molecule has 3 N–H and O–H groups in total. The predicted octanol–water partition coefficient (Wildman–Crippen LogP) is 3.32. The maximum atomic E-state index is 10.1. The van der Waals surface area contributed by atoms with E-state index in [-0.39, 0.29) is 6.61 Å². The molecule has 0 spiro atoms. The smallest absolute Gasteiger partial charge is 0.144 e. The molecule has 3 rings (SSSR count). The molecule has 0 aliphatic heterocycles. The van der Waals surface area contributed by atoms with Gasteiger partial charge in [0.2, 0.25) is 0 Å². The molecule has 2 aromatic rings. The van der Waals surface area contributed by atoms with Crippen molar-refractivity contribution < 1.29 is 9.94 Å². The quantitative estimate of drug-likeness (QED) is 0.442. The first-order chi connectivity index (χ1) is 14.5. The van der Waals surface area contributed by atoms with E-state index in [0.29, 0.717) is 12.6 Å². The van der Waals surface area contributed by atoms with Gasteiger partial charge < -0.3 is 20.6 Å². The van der Waals surface area contributed by atoms with Crippen LogP contribution in [0, 0.1) is 0 Å². The van der Waals surface area contributed by atoms with Crippen molar-refractivity contribution in [3.05, 3.63) is 42.1 Å². The summed E-state index contributed by atoms with van der Waals surface area (Å²) in [6.07, 6.45) is 5.03. The number of nitrogens with zero attached hydrogens (tertiary/aromatic N) is 2. The SMILES string of the molecule is CNC(=S)C1(c2cnc3ccccc3c2)CCCCC1=NOCC(O)CNC(C)C. The zero-order chi connectivity index (χ0) is 21.6. The monoisotopic (exact) mass is 428 g/mol. The molecule has 2 atom stereocenters. The van der Waals surface area contributed by atoms with Gasteiger partial charge in [0.05, 0.1) is 21.6 Å². The van der Waals surface area contributed by atoms with Crippen molar-refractivity contribution >= 4 is 33.8 Å². The van der Waals surface area contributed by atoms with Crippen LogP contribution in [0.3, 0.4) is 0 Å². The van der Waals surface area contributed by atoms with Crippen molar-refractivity contribution in [1.29, 1.82) is 0 Å². The lowest BCUT2D eigenvalue weighted by Crippen LogP contribution is -2.50. The number of aliphatic hydroxyl groups is 1. The molecule has 7 heteroatoms. The third kappa shape index (κ3) is 4.96. The van der Waals surface area contributed by atoms with Crippen molar-refractivity contribution in [1.82, 2.24) is 15.6 Å². The molecule has 0 bridgehead atoms. The molecule has 0 saturated heterocycles. The van der Waals surface area contributed by atoms with Gasteiger partial charge in [0.1, 0.15) is 12.7 Å². The van der Waals surface area contributed by atoms with Gasteiger partial charge >= 0.3 is 0 Å². The first-order valence-corrected chi connectivity index (χ1v) is 11.1. The fraction of sp³-hybridized carbons (Fsp3) is 0.522. The van der Waals surface area contributed by atoms with E-state index < -0.39 is 11.5 Å². The lowest BCUT2D eigenvalue weighted by atomic mass is 9.68. The molecule has 1 heterocycles. The lowest BCUT2D eigenvalue weighted by molar-refractivity contribution is 0.0383. The van der Waals surface area contributed by atoms with Gasteiger partial charge in [-0.25, -0.2) is 0 Å².